The summed E-state index contributed by atoms with van der Waals surface area (Å²) in [6.45, 7) is 1.57. The van der Waals surface area contributed by atoms with Gasteiger partial charge in [0.2, 0.25) is 5.91 Å². The van der Waals surface area contributed by atoms with Gasteiger partial charge in [-0.2, -0.15) is 0 Å². The lowest BCUT2D eigenvalue weighted by molar-refractivity contribution is -0.154. The molecule has 0 saturated heterocycles. The van der Waals surface area contributed by atoms with Crippen LogP contribution in [0.4, 0.5) is 5.69 Å². The summed E-state index contributed by atoms with van der Waals surface area (Å²) in [4.78, 5) is 38.3. The summed E-state index contributed by atoms with van der Waals surface area (Å²) in [5, 5.41) is 2.95. The van der Waals surface area contributed by atoms with Gasteiger partial charge in [0, 0.05) is 6.04 Å². The number of nitrogens with one attached hydrogen (secondary N) is 1. The summed E-state index contributed by atoms with van der Waals surface area (Å²) in [6.07, 6.45) is 4.63. The summed E-state index contributed by atoms with van der Waals surface area (Å²) in [6, 6.07) is 7.23. The minimum absolute atomic E-state index is 0.156. The number of ether oxygens (including phenoxy) is 2. The Labute approximate surface area is 159 Å². The van der Waals surface area contributed by atoms with E-state index in [-0.39, 0.29) is 37.4 Å². The van der Waals surface area contributed by atoms with Gasteiger partial charge in [-0.3, -0.25) is 19.3 Å². The van der Waals surface area contributed by atoms with Crippen LogP contribution < -0.4 is 15.0 Å². The van der Waals surface area contributed by atoms with Crippen LogP contribution in [0, 0.1) is 0 Å². The first-order chi connectivity index (χ1) is 13.0. The Morgan fingerprint density at radius 1 is 1.26 bits per heavy atom. The number of carbonyl (C=O) groups excluding carboxylic acids is 3. The number of benzene rings is 1. The molecular formula is C20H26N2O5. The van der Waals surface area contributed by atoms with Crippen LogP contribution in [0.3, 0.4) is 0 Å². The number of nitrogens with zero attached hydrogens (tertiary/aromatic N) is 1. The van der Waals surface area contributed by atoms with E-state index in [2.05, 4.69) is 5.32 Å². The molecule has 1 N–H and O–H groups in total. The number of fused-ring (bicyclic) bond motifs is 1. The van der Waals surface area contributed by atoms with Crippen LogP contribution in [0.15, 0.2) is 24.3 Å². The highest BCUT2D eigenvalue weighted by atomic mass is 16.5. The van der Waals surface area contributed by atoms with E-state index in [0.717, 1.165) is 25.7 Å². The van der Waals surface area contributed by atoms with Crippen molar-refractivity contribution in [3.8, 4) is 5.75 Å². The molecule has 7 nitrogen and oxygen atoms in total. The number of hydrogen-bond acceptors (Lipinski definition) is 5. The zero-order valence-corrected chi connectivity index (χ0v) is 15.6. The normalized spacial score (nSPS) is 18.7. The van der Waals surface area contributed by atoms with Crippen LogP contribution in [-0.4, -0.2) is 43.1 Å². The lowest BCUT2D eigenvalue weighted by Crippen LogP contribution is -2.44. The van der Waals surface area contributed by atoms with Crippen LogP contribution in [0.5, 0.6) is 5.75 Å². The fraction of sp³-hybridized carbons (Fsp3) is 0.550. The molecule has 1 aliphatic carbocycles. The molecule has 1 aromatic carbocycles. The smallest absolute Gasteiger partial charge is 0.326 e. The van der Waals surface area contributed by atoms with Gasteiger partial charge in [-0.15, -0.1) is 0 Å². The predicted octanol–water partition coefficient (Wildman–Crippen LogP) is 2.18. The van der Waals surface area contributed by atoms with Crippen LogP contribution in [-0.2, 0) is 19.1 Å². The van der Waals surface area contributed by atoms with E-state index < -0.39 is 12.1 Å². The average Bonchev–Trinajstić information content (AvgIpc) is 2.82. The number of amides is 2. The summed E-state index contributed by atoms with van der Waals surface area (Å²) in [5.74, 6) is -0.567. The van der Waals surface area contributed by atoms with E-state index in [1.54, 1.807) is 25.1 Å². The third-order valence-corrected chi connectivity index (χ3v) is 4.95. The number of para-hydroxylation sites is 2. The van der Waals surface area contributed by atoms with Gasteiger partial charge in [0.1, 0.15) is 12.3 Å². The van der Waals surface area contributed by atoms with Crippen molar-refractivity contribution in [3.05, 3.63) is 24.3 Å². The number of carbonyl (C=O) groups is 3. The highest BCUT2D eigenvalue weighted by molar-refractivity contribution is 5.99. The number of esters is 1. The Morgan fingerprint density at radius 2 is 2.00 bits per heavy atom. The standard InChI is InChI=1S/C20H26N2O5/c1-14(20(25)21-15-7-3-2-4-8-15)27-19(24)13-22-16-9-5-6-10-17(16)26-12-11-18(22)23/h5-6,9-10,14-15H,2-4,7-8,11-13H2,1H3,(H,21,25)/t14-/m1/s1. The Balaban J connectivity index is 1.57. The second-order valence-corrected chi connectivity index (χ2v) is 7.02. The minimum atomic E-state index is -0.895. The summed E-state index contributed by atoms with van der Waals surface area (Å²) in [7, 11) is 0. The maximum atomic E-state index is 12.4. The molecule has 0 bridgehead atoms. The van der Waals surface area contributed by atoms with E-state index >= 15 is 0 Å². The van der Waals surface area contributed by atoms with Crippen molar-refractivity contribution in [2.45, 2.75) is 57.6 Å². The van der Waals surface area contributed by atoms with Crippen molar-refractivity contribution >= 4 is 23.5 Å². The van der Waals surface area contributed by atoms with Crippen molar-refractivity contribution < 1.29 is 23.9 Å². The van der Waals surface area contributed by atoms with Crippen LogP contribution in [0.25, 0.3) is 0 Å². The lowest BCUT2D eigenvalue weighted by atomic mass is 9.95. The van der Waals surface area contributed by atoms with Crippen molar-refractivity contribution in [1.82, 2.24) is 5.32 Å². The van der Waals surface area contributed by atoms with Crippen LogP contribution in [0.1, 0.15) is 45.4 Å². The van der Waals surface area contributed by atoms with E-state index in [1.807, 2.05) is 6.07 Å². The second-order valence-electron chi connectivity index (χ2n) is 7.02. The molecule has 0 spiro atoms. The van der Waals surface area contributed by atoms with Crippen LogP contribution in [0.2, 0.25) is 0 Å². The molecule has 27 heavy (non-hydrogen) atoms. The maximum Gasteiger partial charge on any atom is 0.326 e. The zero-order valence-electron chi connectivity index (χ0n) is 15.6. The monoisotopic (exact) mass is 374 g/mol. The lowest BCUT2D eigenvalue weighted by Gasteiger charge is -2.25. The fourth-order valence-electron chi connectivity index (χ4n) is 3.48. The first-order valence-corrected chi connectivity index (χ1v) is 9.56. The molecular weight excluding hydrogens is 348 g/mol. The first kappa shape index (κ1) is 19.2. The van der Waals surface area contributed by atoms with Crippen molar-refractivity contribution in [1.29, 1.82) is 0 Å². The van der Waals surface area contributed by atoms with Gasteiger partial charge >= 0.3 is 5.97 Å². The van der Waals surface area contributed by atoms with Gasteiger partial charge in [-0.25, -0.2) is 0 Å². The third-order valence-electron chi connectivity index (χ3n) is 4.95. The zero-order chi connectivity index (χ0) is 19.2. The van der Waals surface area contributed by atoms with E-state index in [9.17, 15) is 14.4 Å². The highest BCUT2D eigenvalue weighted by Crippen LogP contribution is 2.30. The molecule has 1 heterocycles. The molecule has 1 saturated carbocycles. The molecule has 7 heteroatoms. The average molecular weight is 374 g/mol. The first-order valence-electron chi connectivity index (χ1n) is 9.56. The molecule has 0 radical (unpaired) electrons. The van der Waals surface area contributed by atoms with Crippen molar-refractivity contribution in [3.63, 3.8) is 0 Å². The van der Waals surface area contributed by atoms with Gasteiger partial charge in [-0.1, -0.05) is 31.4 Å². The molecule has 2 aliphatic rings. The quantitative estimate of drug-likeness (QED) is 0.799. The molecule has 1 aromatic rings. The molecule has 0 unspecified atom stereocenters. The SMILES string of the molecule is C[C@@H](OC(=O)CN1C(=O)CCOc2ccccc21)C(=O)NC1CCCCC1. The Bertz CT molecular complexity index is 699. The molecule has 1 atom stereocenters. The van der Waals surface area contributed by atoms with Gasteiger partial charge in [0.05, 0.1) is 18.7 Å². The fourth-order valence-corrected chi connectivity index (χ4v) is 3.48. The van der Waals surface area contributed by atoms with E-state index in [1.165, 1.54) is 11.3 Å². The number of anilines is 1. The molecule has 0 aromatic heterocycles. The third kappa shape index (κ3) is 4.99. The van der Waals surface area contributed by atoms with Gasteiger partial charge < -0.3 is 14.8 Å². The Kier molecular flexibility index (Phi) is 6.32. The Hall–Kier alpha value is -2.57. The topological polar surface area (TPSA) is 84.9 Å². The molecule has 1 aliphatic heterocycles. The highest BCUT2D eigenvalue weighted by Gasteiger charge is 2.28. The maximum absolute atomic E-state index is 12.4. The molecule has 1 fully saturated rings. The number of rotatable bonds is 5. The van der Waals surface area contributed by atoms with E-state index in [0.29, 0.717) is 11.4 Å². The Morgan fingerprint density at radius 3 is 2.78 bits per heavy atom. The van der Waals surface area contributed by atoms with Gasteiger partial charge in [-0.05, 0) is 31.9 Å². The van der Waals surface area contributed by atoms with E-state index in [4.69, 9.17) is 9.47 Å². The molecule has 2 amide bonds. The van der Waals surface area contributed by atoms with Crippen LogP contribution >= 0.6 is 0 Å². The second kappa shape index (κ2) is 8.88. The molecule has 146 valence electrons. The van der Waals surface area contributed by atoms with Gasteiger partial charge in [0.15, 0.2) is 6.10 Å². The van der Waals surface area contributed by atoms with Crippen molar-refractivity contribution in [2.75, 3.05) is 18.1 Å². The van der Waals surface area contributed by atoms with Crippen molar-refractivity contribution in [2.24, 2.45) is 0 Å². The minimum Gasteiger partial charge on any atom is -0.491 e. The number of hydrogen-bond donors (Lipinski definition) is 1. The largest absolute Gasteiger partial charge is 0.491 e. The summed E-state index contributed by atoms with van der Waals surface area (Å²) < 4.78 is 10.8. The predicted molar refractivity (Wildman–Crippen MR) is 99.5 cm³/mol. The summed E-state index contributed by atoms with van der Waals surface area (Å²) >= 11 is 0. The molecule has 3 rings (SSSR count). The van der Waals surface area contributed by atoms with Gasteiger partial charge in [0.25, 0.3) is 5.91 Å². The summed E-state index contributed by atoms with van der Waals surface area (Å²) in [5.41, 5.74) is 0.538.